The highest BCUT2D eigenvalue weighted by Crippen LogP contribution is 2.31. The molecule has 6 heteroatoms. The van der Waals surface area contributed by atoms with Crippen LogP contribution < -0.4 is 15.8 Å². The molecule has 0 aromatic heterocycles. The second-order valence-corrected chi connectivity index (χ2v) is 5.03. The van der Waals surface area contributed by atoms with Crippen molar-refractivity contribution in [2.45, 2.75) is 12.8 Å². The summed E-state index contributed by atoms with van der Waals surface area (Å²) in [5.74, 6) is 0.453. The molecule has 6 nitrogen and oxygen atoms in total. The Morgan fingerprint density at radius 2 is 2.24 bits per heavy atom. The summed E-state index contributed by atoms with van der Waals surface area (Å²) in [6.45, 7) is 1.38. The van der Waals surface area contributed by atoms with Crippen molar-refractivity contribution in [2.24, 2.45) is 11.1 Å². The van der Waals surface area contributed by atoms with Crippen LogP contribution in [0.15, 0.2) is 24.3 Å². The molecule has 1 aliphatic rings. The lowest BCUT2D eigenvalue weighted by molar-refractivity contribution is -0.130. The van der Waals surface area contributed by atoms with E-state index < -0.39 is 5.41 Å². The van der Waals surface area contributed by atoms with Gasteiger partial charge in [0.2, 0.25) is 5.91 Å². The number of amides is 1. The van der Waals surface area contributed by atoms with Crippen molar-refractivity contribution in [1.82, 2.24) is 0 Å². The van der Waals surface area contributed by atoms with E-state index in [9.17, 15) is 4.79 Å². The summed E-state index contributed by atoms with van der Waals surface area (Å²) in [5, 5.41) is 11.4. The second-order valence-electron chi connectivity index (χ2n) is 5.03. The third-order valence-corrected chi connectivity index (χ3v) is 3.72. The molecule has 0 bridgehead atoms. The van der Waals surface area contributed by atoms with Gasteiger partial charge in [0, 0.05) is 31.5 Å². The minimum Gasteiger partial charge on any atom is -0.479 e. The number of carbonyl (C=O) groups is 1. The van der Waals surface area contributed by atoms with Crippen molar-refractivity contribution in [1.29, 1.82) is 5.26 Å². The van der Waals surface area contributed by atoms with Crippen molar-refractivity contribution in [3.8, 4) is 11.8 Å². The molecule has 1 heterocycles. The molecule has 0 unspecified atom stereocenters. The van der Waals surface area contributed by atoms with Crippen molar-refractivity contribution in [2.75, 3.05) is 31.7 Å². The Hall–Kier alpha value is -2.10. The van der Waals surface area contributed by atoms with Crippen molar-refractivity contribution in [3.63, 3.8) is 0 Å². The SMILES string of the molecule is N#CCOc1cccc(NC(=O)C2(CN)CCOCC2)c1. The van der Waals surface area contributed by atoms with Crippen LogP contribution >= 0.6 is 0 Å². The fraction of sp³-hybridized carbons (Fsp3) is 0.467. The first-order chi connectivity index (χ1) is 10.2. The Balaban J connectivity index is 2.06. The topological polar surface area (TPSA) is 97.4 Å². The standard InChI is InChI=1S/C15H19N3O3/c16-6-9-21-13-3-1-2-12(10-13)18-14(19)15(11-17)4-7-20-8-5-15/h1-3,10H,4-5,7-9,11,17H2,(H,18,19). The van der Waals surface area contributed by atoms with Crippen LogP contribution in [-0.4, -0.2) is 32.3 Å². The number of nitriles is 1. The highest BCUT2D eigenvalue weighted by Gasteiger charge is 2.38. The minimum atomic E-state index is -0.568. The van der Waals surface area contributed by atoms with Gasteiger partial charge in [-0.25, -0.2) is 0 Å². The number of anilines is 1. The van der Waals surface area contributed by atoms with Gasteiger partial charge < -0.3 is 20.5 Å². The summed E-state index contributed by atoms with van der Waals surface area (Å²) < 4.78 is 10.5. The van der Waals surface area contributed by atoms with Gasteiger partial charge in [-0.15, -0.1) is 0 Å². The molecular formula is C15H19N3O3. The fourth-order valence-electron chi connectivity index (χ4n) is 2.33. The van der Waals surface area contributed by atoms with Gasteiger partial charge in [-0.1, -0.05) is 6.07 Å². The normalized spacial score (nSPS) is 16.8. The molecule has 1 aliphatic heterocycles. The van der Waals surface area contributed by atoms with Crippen molar-refractivity contribution >= 4 is 11.6 Å². The maximum atomic E-state index is 12.5. The van der Waals surface area contributed by atoms with Crippen LogP contribution in [-0.2, 0) is 9.53 Å². The number of benzene rings is 1. The van der Waals surface area contributed by atoms with E-state index in [-0.39, 0.29) is 12.5 Å². The van der Waals surface area contributed by atoms with Gasteiger partial charge in [0.15, 0.2) is 6.61 Å². The van der Waals surface area contributed by atoms with Gasteiger partial charge in [0.1, 0.15) is 11.8 Å². The van der Waals surface area contributed by atoms with Crippen molar-refractivity contribution in [3.05, 3.63) is 24.3 Å². The highest BCUT2D eigenvalue weighted by atomic mass is 16.5. The maximum Gasteiger partial charge on any atom is 0.232 e. The van der Waals surface area contributed by atoms with E-state index in [0.717, 1.165) is 0 Å². The van der Waals surface area contributed by atoms with Gasteiger partial charge in [-0.05, 0) is 25.0 Å². The zero-order valence-electron chi connectivity index (χ0n) is 11.8. The van der Waals surface area contributed by atoms with E-state index >= 15 is 0 Å². The fourth-order valence-corrected chi connectivity index (χ4v) is 2.33. The largest absolute Gasteiger partial charge is 0.479 e. The van der Waals surface area contributed by atoms with E-state index in [1.807, 2.05) is 6.07 Å². The average Bonchev–Trinajstić information content (AvgIpc) is 2.54. The Morgan fingerprint density at radius 3 is 2.90 bits per heavy atom. The number of nitrogens with zero attached hydrogens (tertiary/aromatic N) is 1. The molecular weight excluding hydrogens is 270 g/mol. The van der Waals surface area contributed by atoms with E-state index in [4.69, 9.17) is 20.5 Å². The van der Waals surface area contributed by atoms with Gasteiger partial charge >= 0.3 is 0 Å². The number of hydrogen-bond acceptors (Lipinski definition) is 5. The summed E-state index contributed by atoms with van der Waals surface area (Å²) in [6, 6.07) is 8.88. The predicted octanol–water partition coefficient (Wildman–Crippen LogP) is 1.28. The Morgan fingerprint density at radius 1 is 1.48 bits per heavy atom. The number of rotatable bonds is 5. The highest BCUT2D eigenvalue weighted by molar-refractivity contribution is 5.95. The van der Waals surface area contributed by atoms with Crippen molar-refractivity contribution < 1.29 is 14.3 Å². The van der Waals surface area contributed by atoms with Crippen LogP contribution in [0.2, 0.25) is 0 Å². The molecule has 0 saturated carbocycles. The molecule has 1 fully saturated rings. The van der Waals surface area contributed by atoms with E-state index in [2.05, 4.69) is 5.32 Å². The second kappa shape index (κ2) is 7.07. The van der Waals surface area contributed by atoms with Crippen LogP contribution in [0.4, 0.5) is 5.69 Å². The minimum absolute atomic E-state index is 0.0263. The Kier molecular flexibility index (Phi) is 5.14. The molecule has 1 aromatic carbocycles. The first-order valence-corrected chi connectivity index (χ1v) is 6.89. The zero-order chi connectivity index (χ0) is 15.1. The van der Waals surface area contributed by atoms with Crippen LogP contribution in [0.1, 0.15) is 12.8 Å². The molecule has 3 N–H and O–H groups in total. The molecule has 21 heavy (non-hydrogen) atoms. The molecule has 0 spiro atoms. The lowest BCUT2D eigenvalue weighted by Gasteiger charge is -2.34. The number of carbonyl (C=O) groups excluding carboxylic acids is 1. The first-order valence-electron chi connectivity index (χ1n) is 6.89. The van der Waals surface area contributed by atoms with E-state index in [1.54, 1.807) is 24.3 Å². The molecule has 0 radical (unpaired) electrons. The lowest BCUT2D eigenvalue weighted by Crippen LogP contribution is -2.46. The molecule has 0 aliphatic carbocycles. The van der Waals surface area contributed by atoms with E-state index in [1.165, 1.54) is 0 Å². The monoisotopic (exact) mass is 289 g/mol. The smallest absolute Gasteiger partial charge is 0.232 e. The van der Waals surface area contributed by atoms with Crippen LogP contribution in [0.25, 0.3) is 0 Å². The molecule has 1 aromatic rings. The van der Waals surface area contributed by atoms with Crippen LogP contribution in [0, 0.1) is 16.7 Å². The predicted molar refractivity (Wildman–Crippen MR) is 77.7 cm³/mol. The molecule has 2 rings (SSSR count). The van der Waals surface area contributed by atoms with Gasteiger partial charge in [0.25, 0.3) is 0 Å². The zero-order valence-corrected chi connectivity index (χ0v) is 11.8. The lowest BCUT2D eigenvalue weighted by atomic mass is 9.79. The number of ether oxygens (including phenoxy) is 2. The number of hydrogen-bond donors (Lipinski definition) is 2. The summed E-state index contributed by atoms with van der Waals surface area (Å²) in [6.07, 6.45) is 1.25. The third kappa shape index (κ3) is 3.72. The average molecular weight is 289 g/mol. The quantitative estimate of drug-likeness (QED) is 0.851. The first kappa shape index (κ1) is 15.3. The summed E-state index contributed by atoms with van der Waals surface area (Å²) in [5.41, 5.74) is 5.88. The van der Waals surface area contributed by atoms with Gasteiger partial charge in [0.05, 0.1) is 5.41 Å². The van der Waals surface area contributed by atoms with Crippen LogP contribution in [0.3, 0.4) is 0 Å². The molecule has 1 amide bonds. The van der Waals surface area contributed by atoms with Gasteiger partial charge in [-0.2, -0.15) is 5.26 Å². The summed E-state index contributed by atoms with van der Waals surface area (Å²) in [7, 11) is 0. The number of nitrogens with one attached hydrogen (secondary N) is 1. The molecule has 0 atom stereocenters. The maximum absolute atomic E-state index is 12.5. The molecule has 112 valence electrons. The van der Waals surface area contributed by atoms with Gasteiger partial charge in [-0.3, -0.25) is 4.79 Å². The molecule has 1 saturated heterocycles. The summed E-state index contributed by atoms with van der Waals surface area (Å²) >= 11 is 0. The van der Waals surface area contributed by atoms with Crippen LogP contribution in [0.5, 0.6) is 5.75 Å². The Bertz CT molecular complexity index is 533. The summed E-state index contributed by atoms with van der Waals surface area (Å²) in [4.78, 5) is 12.5. The third-order valence-electron chi connectivity index (χ3n) is 3.72. The number of nitrogens with two attached hydrogens (primary N) is 1. The van der Waals surface area contributed by atoms with E-state index in [0.29, 0.717) is 44.0 Å². The Labute approximate surface area is 123 Å².